The van der Waals surface area contributed by atoms with Gasteiger partial charge in [0.05, 0.1) is 0 Å². The van der Waals surface area contributed by atoms with Gasteiger partial charge in [-0.15, -0.1) is 0 Å². The molecule has 0 bridgehead atoms. The molecule has 4 nitrogen and oxygen atoms in total. The molecule has 0 unspecified atom stereocenters. The van der Waals surface area contributed by atoms with Gasteiger partial charge >= 0.3 is 0 Å². The largest absolute Gasteiger partial charge is 0.361 e. The number of hydrogen-bond donors (Lipinski definition) is 2. The molecule has 2 N–H and O–H groups in total. The van der Waals surface area contributed by atoms with Gasteiger partial charge in [-0.05, 0) is 27.3 Å². The summed E-state index contributed by atoms with van der Waals surface area (Å²) in [6.07, 6.45) is 0.706. The summed E-state index contributed by atoms with van der Waals surface area (Å²) < 4.78 is 5.62. The number of hydrogen-bond acceptors (Lipinski definition) is 3. The molecule has 0 spiro atoms. The normalized spacial score (nSPS) is 12.7. The molecule has 0 aromatic carbocycles. The van der Waals surface area contributed by atoms with Crippen LogP contribution in [-0.2, 0) is 9.53 Å². The third-order valence-corrected chi connectivity index (χ3v) is 2.63. The van der Waals surface area contributed by atoms with Crippen LogP contribution in [0.3, 0.4) is 0 Å². The van der Waals surface area contributed by atoms with Crippen molar-refractivity contribution in [2.24, 2.45) is 5.41 Å². The third kappa shape index (κ3) is 5.14. The van der Waals surface area contributed by atoms with E-state index in [0.29, 0.717) is 13.0 Å². The number of nitrogens with one attached hydrogen (secondary N) is 2. The fourth-order valence-electron chi connectivity index (χ4n) is 1.09. The third-order valence-electron chi connectivity index (χ3n) is 2.63. The second-order valence-corrected chi connectivity index (χ2v) is 4.82. The molecule has 0 radical (unpaired) electrons. The second kappa shape index (κ2) is 5.47. The maximum absolute atomic E-state index is 11.5. The highest BCUT2D eigenvalue weighted by Crippen LogP contribution is 2.21. The van der Waals surface area contributed by atoms with Crippen LogP contribution >= 0.6 is 0 Å². The Morgan fingerprint density at radius 3 is 2.13 bits per heavy atom. The van der Waals surface area contributed by atoms with E-state index in [9.17, 15) is 4.79 Å². The number of carbonyl (C=O) groups excluding carboxylic acids is 1. The van der Waals surface area contributed by atoms with Gasteiger partial charge in [0, 0.05) is 19.1 Å². The average molecular weight is 216 g/mol. The van der Waals surface area contributed by atoms with Gasteiger partial charge in [-0.25, -0.2) is 0 Å². The van der Waals surface area contributed by atoms with E-state index < -0.39 is 0 Å². The number of ether oxygens (including phenoxy) is 1. The molecule has 0 aliphatic rings. The van der Waals surface area contributed by atoms with Crippen LogP contribution in [0.15, 0.2) is 0 Å². The summed E-state index contributed by atoms with van der Waals surface area (Å²) in [7, 11) is 3.51. The van der Waals surface area contributed by atoms with Gasteiger partial charge in [-0.1, -0.05) is 13.8 Å². The number of rotatable bonds is 6. The van der Waals surface area contributed by atoms with E-state index in [-0.39, 0.29) is 17.0 Å². The molecule has 0 aliphatic heterocycles. The van der Waals surface area contributed by atoms with Crippen molar-refractivity contribution >= 4 is 5.91 Å². The van der Waals surface area contributed by atoms with Crippen LogP contribution in [0.5, 0.6) is 0 Å². The zero-order valence-corrected chi connectivity index (χ0v) is 10.7. The molecule has 90 valence electrons. The summed E-state index contributed by atoms with van der Waals surface area (Å²) in [6.45, 7) is 8.32. The molecule has 4 heteroatoms. The zero-order valence-electron chi connectivity index (χ0n) is 10.7. The van der Waals surface area contributed by atoms with Gasteiger partial charge in [-0.3, -0.25) is 10.1 Å². The summed E-state index contributed by atoms with van der Waals surface area (Å²) in [4.78, 5) is 11.5. The predicted octanol–water partition coefficient (Wildman–Crippen LogP) is 1.12. The monoisotopic (exact) mass is 216 g/mol. The SMILES string of the molecule is CNC(=O)C(C)(C)CCOC(C)(C)NC. The van der Waals surface area contributed by atoms with Gasteiger partial charge in [0.15, 0.2) is 0 Å². The fourth-order valence-corrected chi connectivity index (χ4v) is 1.09. The maximum atomic E-state index is 11.5. The summed E-state index contributed by atoms with van der Waals surface area (Å²) in [5.74, 6) is 0.0494. The zero-order chi connectivity index (χ0) is 12.1. The van der Waals surface area contributed by atoms with Crippen molar-refractivity contribution in [3.63, 3.8) is 0 Å². The molecule has 0 heterocycles. The highest BCUT2D eigenvalue weighted by atomic mass is 16.5. The van der Waals surface area contributed by atoms with Crippen molar-refractivity contribution in [2.75, 3.05) is 20.7 Å². The highest BCUT2D eigenvalue weighted by molar-refractivity contribution is 5.81. The molecular formula is C11H24N2O2. The molecule has 0 aromatic heterocycles. The minimum Gasteiger partial charge on any atom is -0.361 e. The van der Waals surface area contributed by atoms with Gasteiger partial charge in [0.1, 0.15) is 5.72 Å². The molecule has 0 aromatic rings. The first kappa shape index (κ1) is 14.4. The second-order valence-electron chi connectivity index (χ2n) is 4.82. The molecule has 0 saturated carbocycles. The smallest absolute Gasteiger partial charge is 0.225 e. The quantitative estimate of drug-likeness (QED) is 0.654. The number of carbonyl (C=O) groups is 1. The Kier molecular flexibility index (Phi) is 5.24. The van der Waals surface area contributed by atoms with Crippen LogP contribution in [-0.4, -0.2) is 32.3 Å². The standard InChI is InChI=1S/C11H24N2O2/c1-10(2,9(14)12-5)7-8-15-11(3,4)13-6/h13H,7-8H2,1-6H3,(H,12,14). The van der Waals surface area contributed by atoms with Crippen molar-refractivity contribution in [1.82, 2.24) is 10.6 Å². The van der Waals surface area contributed by atoms with E-state index in [1.807, 2.05) is 34.7 Å². The molecule has 0 aliphatic carbocycles. The molecule has 0 fully saturated rings. The Bertz CT molecular complexity index is 213. The lowest BCUT2D eigenvalue weighted by atomic mass is 9.89. The average Bonchev–Trinajstić information content (AvgIpc) is 2.16. The lowest BCUT2D eigenvalue weighted by molar-refractivity contribution is -0.131. The van der Waals surface area contributed by atoms with Gasteiger partial charge in [-0.2, -0.15) is 0 Å². The first-order valence-corrected chi connectivity index (χ1v) is 5.30. The molecule has 0 rings (SSSR count). The van der Waals surface area contributed by atoms with Crippen LogP contribution in [0.4, 0.5) is 0 Å². The Morgan fingerprint density at radius 2 is 1.73 bits per heavy atom. The number of amides is 1. The summed E-state index contributed by atoms with van der Waals surface area (Å²) in [5.41, 5.74) is -0.711. The van der Waals surface area contributed by atoms with Crippen LogP contribution in [0, 0.1) is 5.41 Å². The van der Waals surface area contributed by atoms with Gasteiger partial charge < -0.3 is 10.1 Å². The first-order valence-electron chi connectivity index (χ1n) is 5.30. The lowest BCUT2D eigenvalue weighted by Gasteiger charge is -2.28. The van der Waals surface area contributed by atoms with Crippen molar-refractivity contribution in [3.05, 3.63) is 0 Å². The summed E-state index contributed by atoms with van der Waals surface area (Å²) in [5, 5.41) is 5.70. The van der Waals surface area contributed by atoms with Crippen molar-refractivity contribution < 1.29 is 9.53 Å². The van der Waals surface area contributed by atoms with E-state index in [0.717, 1.165) is 0 Å². The molecule has 15 heavy (non-hydrogen) atoms. The lowest BCUT2D eigenvalue weighted by Crippen LogP contribution is -2.41. The van der Waals surface area contributed by atoms with Crippen LogP contribution < -0.4 is 10.6 Å². The van der Waals surface area contributed by atoms with Gasteiger partial charge in [0.25, 0.3) is 0 Å². The minimum absolute atomic E-state index is 0.0494. The fraction of sp³-hybridized carbons (Fsp3) is 0.909. The van der Waals surface area contributed by atoms with E-state index in [1.165, 1.54) is 0 Å². The summed E-state index contributed by atoms with van der Waals surface area (Å²) in [6, 6.07) is 0. The molecule has 1 amide bonds. The van der Waals surface area contributed by atoms with Crippen LogP contribution in [0.2, 0.25) is 0 Å². The Labute approximate surface area is 92.8 Å². The van der Waals surface area contributed by atoms with Crippen molar-refractivity contribution in [3.8, 4) is 0 Å². The Hall–Kier alpha value is -0.610. The van der Waals surface area contributed by atoms with E-state index in [1.54, 1.807) is 7.05 Å². The van der Waals surface area contributed by atoms with E-state index in [4.69, 9.17) is 4.74 Å². The van der Waals surface area contributed by atoms with Crippen molar-refractivity contribution in [1.29, 1.82) is 0 Å². The summed E-state index contributed by atoms with van der Waals surface area (Å²) >= 11 is 0. The molecular weight excluding hydrogens is 192 g/mol. The van der Waals surface area contributed by atoms with E-state index in [2.05, 4.69) is 10.6 Å². The minimum atomic E-state index is -0.376. The van der Waals surface area contributed by atoms with Gasteiger partial charge in [0.2, 0.25) is 5.91 Å². The van der Waals surface area contributed by atoms with E-state index >= 15 is 0 Å². The first-order chi connectivity index (χ1) is 6.75. The molecule has 0 atom stereocenters. The molecule has 0 saturated heterocycles. The predicted molar refractivity (Wildman–Crippen MR) is 61.6 cm³/mol. The van der Waals surface area contributed by atoms with Crippen LogP contribution in [0.25, 0.3) is 0 Å². The maximum Gasteiger partial charge on any atom is 0.225 e. The topological polar surface area (TPSA) is 50.4 Å². The van der Waals surface area contributed by atoms with Crippen LogP contribution in [0.1, 0.15) is 34.1 Å². The Morgan fingerprint density at radius 1 is 1.20 bits per heavy atom. The Balaban J connectivity index is 4.00. The highest BCUT2D eigenvalue weighted by Gasteiger charge is 2.27. The van der Waals surface area contributed by atoms with Crippen molar-refractivity contribution in [2.45, 2.75) is 39.8 Å².